The van der Waals surface area contributed by atoms with Gasteiger partial charge >= 0.3 is 0 Å². The van der Waals surface area contributed by atoms with Crippen LogP contribution < -0.4 is 15.8 Å². The summed E-state index contributed by atoms with van der Waals surface area (Å²) in [6, 6.07) is 3.55. The van der Waals surface area contributed by atoms with Gasteiger partial charge in [-0.1, -0.05) is 13.3 Å². The van der Waals surface area contributed by atoms with Crippen molar-refractivity contribution in [1.82, 2.24) is 4.98 Å². The molecule has 0 aromatic carbocycles. The van der Waals surface area contributed by atoms with Crippen molar-refractivity contribution in [3.05, 3.63) is 18.3 Å². The Balaban J connectivity index is 2.68. The zero-order chi connectivity index (χ0) is 14.3. The van der Waals surface area contributed by atoms with E-state index in [-0.39, 0.29) is 17.9 Å². The van der Waals surface area contributed by atoms with Gasteiger partial charge in [0.05, 0.1) is 6.10 Å². The number of amides is 1. The number of pyridine rings is 1. The lowest BCUT2D eigenvalue weighted by molar-refractivity contribution is -0.117. The third kappa shape index (κ3) is 5.26. The minimum atomic E-state index is -0.0566. The van der Waals surface area contributed by atoms with Gasteiger partial charge in [-0.15, -0.1) is 0 Å². The molecular weight excluding hydrogens is 242 g/mol. The smallest absolute Gasteiger partial charge is 0.238 e. The lowest BCUT2D eigenvalue weighted by Crippen LogP contribution is -2.22. The summed E-state index contributed by atoms with van der Waals surface area (Å²) >= 11 is 0. The maximum Gasteiger partial charge on any atom is 0.238 e. The summed E-state index contributed by atoms with van der Waals surface area (Å²) in [6.45, 7) is 6.39. The van der Waals surface area contributed by atoms with Gasteiger partial charge in [0, 0.05) is 12.6 Å². The first-order valence-electron chi connectivity index (χ1n) is 6.68. The Hall–Kier alpha value is -1.62. The highest BCUT2D eigenvalue weighted by atomic mass is 16.5. The van der Waals surface area contributed by atoms with Crippen LogP contribution in [0, 0.1) is 5.92 Å². The number of nitrogens with zero attached hydrogens (tertiary/aromatic N) is 1. The average molecular weight is 265 g/mol. The Bertz CT molecular complexity index is 403. The van der Waals surface area contributed by atoms with Crippen LogP contribution in [-0.4, -0.2) is 23.5 Å². The molecule has 1 atom stereocenters. The lowest BCUT2D eigenvalue weighted by atomic mass is 10.0. The molecule has 1 aromatic heterocycles. The SMILES string of the molecule is CCC(CN)CC(=O)Nc1cccnc1OC(C)C. The fourth-order valence-corrected chi connectivity index (χ4v) is 1.66. The van der Waals surface area contributed by atoms with E-state index < -0.39 is 0 Å². The standard InChI is InChI=1S/C14H23N3O2/c1-4-11(9-15)8-13(18)17-12-6-5-7-16-14(12)19-10(2)3/h5-7,10-11H,4,8-9,15H2,1-3H3,(H,17,18). The molecule has 0 bridgehead atoms. The monoisotopic (exact) mass is 265 g/mol. The Kier molecular flexibility index (Phi) is 6.29. The molecule has 0 saturated carbocycles. The number of aromatic nitrogens is 1. The molecule has 106 valence electrons. The molecule has 0 aliphatic carbocycles. The molecule has 3 N–H and O–H groups in total. The normalized spacial score (nSPS) is 12.3. The molecule has 5 heteroatoms. The third-order valence-corrected chi connectivity index (χ3v) is 2.78. The second-order valence-corrected chi connectivity index (χ2v) is 4.78. The van der Waals surface area contributed by atoms with Gasteiger partial charge in [-0.2, -0.15) is 0 Å². The minimum Gasteiger partial charge on any atom is -0.473 e. The van der Waals surface area contributed by atoms with Crippen LogP contribution in [0.1, 0.15) is 33.6 Å². The van der Waals surface area contributed by atoms with Crippen molar-refractivity contribution < 1.29 is 9.53 Å². The minimum absolute atomic E-state index is 0.0120. The second-order valence-electron chi connectivity index (χ2n) is 4.78. The van der Waals surface area contributed by atoms with Gasteiger partial charge in [-0.25, -0.2) is 4.98 Å². The Morgan fingerprint density at radius 3 is 2.84 bits per heavy atom. The molecule has 0 aliphatic rings. The molecule has 1 unspecified atom stereocenters. The number of hydrogen-bond acceptors (Lipinski definition) is 4. The van der Waals surface area contributed by atoms with E-state index in [0.29, 0.717) is 24.5 Å². The zero-order valence-electron chi connectivity index (χ0n) is 11.8. The average Bonchev–Trinajstić information content (AvgIpc) is 2.37. The highest BCUT2D eigenvalue weighted by Gasteiger charge is 2.13. The summed E-state index contributed by atoms with van der Waals surface area (Å²) in [5.74, 6) is 0.608. The summed E-state index contributed by atoms with van der Waals surface area (Å²) < 4.78 is 5.55. The van der Waals surface area contributed by atoms with E-state index in [4.69, 9.17) is 10.5 Å². The number of rotatable bonds is 7. The predicted octanol–water partition coefficient (Wildman–Crippen LogP) is 2.18. The van der Waals surface area contributed by atoms with Crippen molar-refractivity contribution >= 4 is 11.6 Å². The van der Waals surface area contributed by atoms with E-state index >= 15 is 0 Å². The summed E-state index contributed by atoms with van der Waals surface area (Å²) in [7, 11) is 0. The second kappa shape index (κ2) is 7.74. The molecule has 0 spiro atoms. The first-order chi connectivity index (χ1) is 9.06. The Morgan fingerprint density at radius 2 is 2.26 bits per heavy atom. The van der Waals surface area contributed by atoms with Gasteiger partial charge < -0.3 is 15.8 Å². The van der Waals surface area contributed by atoms with E-state index in [1.165, 1.54) is 0 Å². The number of ether oxygens (including phenoxy) is 1. The number of nitrogens with two attached hydrogens (primary N) is 1. The quantitative estimate of drug-likeness (QED) is 0.792. The summed E-state index contributed by atoms with van der Waals surface area (Å²) in [4.78, 5) is 16.1. The van der Waals surface area contributed by atoms with Gasteiger partial charge in [0.15, 0.2) is 0 Å². The molecule has 1 aromatic rings. The maximum absolute atomic E-state index is 11.9. The van der Waals surface area contributed by atoms with Gasteiger partial charge in [-0.3, -0.25) is 4.79 Å². The number of anilines is 1. The van der Waals surface area contributed by atoms with Gasteiger partial charge in [0.1, 0.15) is 5.69 Å². The van der Waals surface area contributed by atoms with Crippen LogP contribution in [0.3, 0.4) is 0 Å². The van der Waals surface area contributed by atoms with Crippen LogP contribution in [0.15, 0.2) is 18.3 Å². The van der Waals surface area contributed by atoms with Crippen molar-refractivity contribution in [2.24, 2.45) is 11.7 Å². The largest absolute Gasteiger partial charge is 0.473 e. The number of carbonyl (C=O) groups is 1. The van der Waals surface area contributed by atoms with Crippen LogP contribution in [0.5, 0.6) is 5.88 Å². The number of hydrogen-bond donors (Lipinski definition) is 2. The maximum atomic E-state index is 11.9. The van der Waals surface area contributed by atoms with Crippen LogP contribution in [-0.2, 0) is 4.79 Å². The molecule has 1 heterocycles. The first kappa shape index (κ1) is 15.4. The number of carbonyl (C=O) groups excluding carboxylic acids is 1. The van der Waals surface area contributed by atoms with Gasteiger partial charge in [0.25, 0.3) is 0 Å². The predicted molar refractivity (Wildman–Crippen MR) is 76.1 cm³/mol. The van der Waals surface area contributed by atoms with Crippen LogP contribution in [0.25, 0.3) is 0 Å². The highest BCUT2D eigenvalue weighted by molar-refractivity contribution is 5.92. The van der Waals surface area contributed by atoms with Crippen molar-refractivity contribution in [2.45, 2.75) is 39.7 Å². The van der Waals surface area contributed by atoms with Gasteiger partial charge in [0.2, 0.25) is 11.8 Å². The van der Waals surface area contributed by atoms with Crippen molar-refractivity contribution in [2.75, 3.05) is 11.9 Å². The van der Waals surface area contributed by atoms with Crippen molar-refractivity contribution in [1.29, 1.82) is 0 Å². The molecule has 1 rings (SSSR count). The van der Waals surface area contributed by atoms with E-state index in [2.05, 4.69) is 10.3 Å². The zero-order valence-corrected chi connectivity index (χ0v) is 11.8. The van der Waals surface area contributed by atoms with E-state index in [9.17, 15) is 4.79 Å². The number of nitrogens with one attached hydrogen (secondary N) is 1. The fourth-order valence-electron chi connectivity index (χ4n) is 1.66. The first-order valence-corrected chi connectivity index (χ1v) is 6.68. The molecule has 0 fully saturated rings. The van der Waals surface area contributed by atoms with Crippen molar-refractivity contribution in [3.63, 3.8) is 0 Å². The lowest BCUT2D eigenvalue weighted by Gasteiger charge is -2.15. The third-order valence-electron chi connectivity index (χ3n) is 2.78. The fraction of sp³-hybridized carbons (Fsp3) is 0.571. The van der Waals surface area contributed by atoms with Crippen LogP contribution >= 0.6 is 0 Å². The summed E-state index contributed by atoms with van der Waals surface area (Å²) in [5.41, 5.74) is 6.21. The van der Waals surface area contributed by atoms with E-state index in [1.807, 2.05) is 20.8 Å². The molecule has 0 saturated heterocycles. The summed E-state index contributed by atoms with van der Waals surface area (Å²) in [6.07, 6.45) is 2.97. The van der Waals surface area contributed by atoms with E-state index in [0.717, 1.165) is 6.42 Å². The van der Waals surface area contributed by atoms with E-state index in [1.54, 1.807) is 18.3 Å². The van der Waals surface area contributed by atoms with Gasteiger partial charge in [-0.05, 0) is 38.4 Å². The van der Waals surface area contributed by atoms with Crippen LogP contribution in [0.2, 0.25) is 0 Å². The molecule has 0 aliphatic heterocycles. The highest BCUT2D eigenvalue weighted by Crippen LogP contribution is 2.22. The topological polar surface area (TPSA) is 77.2 Å². The Labute approximate surface area is 114 Å². The summed E-state index contributed by atoms with van der Waals surface area (Å²) in [5, 5.41) is 2.83. The molecular formula is C14H23N3O2. The Morgan fingerprint density at radius 1 is 1.53 bits per heavy atom. The molecule has 5 nitrogen and oxygen atoms in total. The molecule has 0 radical (unpaired) electrons. The molecule has 19 heavy (non-hydrogen) atoms. The molecule has 1 amide bonds. The van der Waals surface area contributed by atoms with Crippen LogP contribution in [0.4, 0.5) is 5.69 Å². The van der Waals surface area contributed by atoms with Crippen molar-refractivity contribution in [3.8, 4) is 5.88 Å².